The maximum Gasteiger partial charge on any atom is 0.272 e. The van der Waals surface area contributed by atoms with Gasteiger partial charge >= 0.3 is 0 Å². The second kappa shape index (κ2) is 7.66. The summed E-state index contributed by atoms with van der Waals surface area (Å²) in [4.78, 5) is 18.6. The van der Waals surface area contributed by atoms with Gasteiger partial charge in [-0.25, -0.2) is 13.4 Å². The maximum absolute atomic E-state index is 12.5. The van der Waals surface area contributed by atoms with Crippen molar-refractivity contribution in [1.29, 1.82) is 0 Å². The highest BCUT2D eigenvalue weighted by molar-refractivity contribution is 7.93. The van der Waals surface area contributed by atoms with Gasteiger partial charge in [0.05, 0.1) is 17.1 Å². The quantitative estimate of drug-likeness (QED) is 0.703. The van der Waals surface area contributed by atoms with E-state index in [1.807, 2.05) is 4.90 Å². The van der Waals surface area contributed by atoms with Crippen LogP contribution in [0.2, 0.25) is 0 Å². The van der Waals surface area contributed by atoms with Crippen molar-refractivity contribution in [3.63, 3.8) is 0 Å². The van der Waals surface area contributed by atoms with E-state index in [-0.39, 0.29) is 17.3 Å². The third kappa shape index (κ3) is 4.07. The summed E-state index contributed by atoms with van der Waals surface area (Å²) < 4.78 is 33.5. The third-order valence-electron chi connectivity index (χ3n) is 5.47. The van der Waals surface area contributed by atoms with Crippen molar-refractivity contribution < 1.29 is 17.9 Å². The number of rotatable bonds is 6. The molecule has 0 spiro atoms. The molecule has 1 aliphatic carbocycles. The normalized spacial score (nSPS) is 17.9. The van der Waals surface area contributed by atoms with Crippen molar-refractivity contribution in [2.75, 3.05) is 24.4 Å². The van der Waals surface area contributed by atoms with Crippen molar-refractivity contribution in [2.24, 2.45) is 7.05 Å². The fourth-order valence-corrected chi connectivity index (χ4v) is 5.04. The van der Waals surface area contributed by atoms with E-state index in [2.05, 4.69) is 10.1 Å². The minimum Gasteiger partial charge on any atom is -0.474 e. The first kappa shape index (κ1) is 19.7. The first-order valence-electron chi connectivity index (χ1n) is 9.74. The van der Waals surface area contributed by atoms with Crippen molar-refractivity contribution in [2.45, 2.75) is 37.0 Å². The molecule has 1 amide bonds. The van der Waals surface area contributed by atoms with Crippen LogP contribution in [0.15, 0.2) is 30.6 Å². The van der Waals surface area contributed by atoms with Crippen LogP contribution in [0.25, 0.3) is 0 Å². The number of anilines is 1. The summed E-state index contributed by atoms with van der Waals surface area (Å²) in [5.74, 6) is 0.438. The van der Waals surface area contributed by atoms with E-state index in [4.69, 9.17) is 4.74 Å². The van der Waals surface area contributed by atoms with Crippen LogP contribution < -0.4 is 9.04 Å². The van der Waals surface area contributed by atoms with E-state index in [9.17, 15) is 13.2 Å². The van der Waals surface area contributed by atoms with Gasteiger partial charge < -0.3 is 9.64 Å². The molecule has 9 nitrogen and oxygen atoms in total. The minimum atomic E-state index is -3.29. The van der Waals surface area contributed by atoms with Gasteiger partial charge in [-0.3, -0.25) is 13.8 Å². The van der Waals surface area contributed by atoms with E-state index < -0.39 is 10.0 Å². The predicted molar refractivity (Wildman–Crippen MR) is 107 cm³/mol. The van der Waals surface area contributed by atoms with Crippen LogP contribution in [-0.2, 0) is 17.1 Å². The fourth-order valence-electron chi connectivity index (χ4n) is 3.46. The molecule has 0 unspecified atom stereocenters. The number of hydrogen-bond donors (Lipinski definition) is 0. The van der Waals surface area contributed by atoms with Gasteiger partial charge in [-0.1, -0.05) is 0 Å². The lowest BCUT2D eigenvalue weighted by atomic mass is 10.1. The molecule has 0 aromatic carbocycles. The van der Waals surface area contributed by atoms with Gasteiger partial charge in [0.1, 0.15) is 11.8 Å². The van der Waals surface area contributed by atoms with Gasteiger partial charge in [-0.15, -0.1) is 0 Å². The molecule has 0 N–H and O–H groups in total. The number of sulfonamides is 1. The molecule has 2 aliphatic rings. The Morgan fingerprint density at radius 2 is 1.90 bits per heavy atom. The van der Waals surface area contributed by atoms with Gasteiger partial charge in [-0.05, 0) is 25.0 Å². The zero-order valence-corrected chi connectivity index (χ0v) is 17.4. The average Bonchev–Trinajstić information content (AvgIpc) is 3.50. The summed E-state index contributed by atoms with van der Waals surface area (Å²) in [6.07, 6.45) is 5.98. The number of ether oxygens (including phenoxy) is 1. The van der Waals surface area contributed by atoms with Crippen LogP contribution in [0.5, 0.6) is 5.88 Å². The number of aryl methyl sites for hydroxylation is 1. The van der Waals surface area contributed by atoms with Crippen molar-refractivity contribution in [3.05, 3.63) is 36.3 Å². The minimum absolute atomic E-state index is 0.0224. The standard InChI is InChI=1S/C19H25N5O4S/c1-22-17(7-10-21-22)19(25)24-11-8-15(9-12-24)28-18-6-3-14(13-20-18)23(2)29(26,27)16-4-5-16/h3,6-7,10,13,15-16H,4-5,8-9,11-12H2,1-2H3. The Bertz CT molecular complexity index is 976. The van der Waals surface area contributed by atoms with Gasteiger partial charge in [-0.2, -0.15) is 5.10 Å². The predicted octanol–water partition coefficient (Wildman–Crippen LogP) is 1.43. The number of nitrogens with zero attached hydrogens (tertiary/aromatic N) is 5. The van der Waals surface area contributed by atoms with Crippen LogP contribution in [0.4, 0.5) is 5.69 Å². The molecule has 1 saturated carbocycles. The summed E-state index contributed by atoms with van der Waals surface area (Å²) in [6, 6.07) is 5.13. The van der Waals surface area contributed by atoms with Gasteiger partial charge in [0.2, 0.25) is 15.9 Å². The Hall–Kier alpha value is -2.62. The highest BCUT2D eigenvalue weighted by Crippen LogP contribution is 2.32. The SMILES string of the molecule is CN(c1ccc(OC2CCN(C(=O)c3ccnn3C)CC2)nc1)S(=O)(=O)C1CC1. The van der Waals surface area contributed by atoms with Gasteiger partial charge in [0.25, 0.3) is 5.91 Å². The molecular formula is C19H25N5O4S. The highest BCUT2D eigenvalue weighted by Gasteiger charge is 2.39. The molecule has 0 bridgehead atoms. The number of carbonyl (C=O) groups is 1. The topological polar surface area (TPSA) is 97.6 Å². The molecule has 1 saturated heterocycles. The van der Waals surface area contributed by atoms with Crippen LogP contribution in [0.1, 0.15) is 36.2 Å². The number of likely N-dealkylation sites (tertiary alicyclic amines) is 1. The second-order valence-corrected chi connectivity index (χ2v) is 9.76. The zero-order valence-electron chi connectivity index (χ0n) is 16.6. The second-order valence-electron chi connectivity index (χ2n) is 7.52. The smallest absolute Gasteiger partial charge is 0.272 e. The molecule has 0 atom stereocenters. The number of aromatic nitrogens is 3. The van der Waals surface area contributed by atoms with Crippen LogP contribution in [0.3, 0.4) is 0 Å². The first-order valence-corrected chi connectivity index (χ1v) is 11.2. The maximum atomic E-state index is 12.5. The summed E-state index contributed by atoms with van der Waals surface area (Å²) in [6.45, 7) is 1.21. The monoisotopic (exact) mass is 419 g/mol. The van der Waals surface area contributed by atoms with E-state index in [1.54, 1.807) is 43.2 Å². The van der Waals surface area contributed by atoms with Crippen LogP contribution in [0, 0.1) is 0 Å². The molecule has 1 aliphatic heterocycles. The Balaban J connectivity index is 1.31. The highest BCUT2D eigenvalue weighted by atomic mass is 32.2. The molecule has 2 fully saturated rings. The molecular weight excluding hydrogens is 394 g/mol. The lowest BCUT2D eigenvalue weighted by Crippen LogP contribution is -2.42. The molecule has 3 heterocycles. The Kier molecular flexibility index (Phi) is 5.20. The molecule has 0 radical (unpaired) electrons. The number of amides is 1. The van der Waals surface area contributed by atoms with E-state index in [0.717, 1.165) is 12.8 Å². The lowest BCUT2D eigenvalue weighted by Gasteiger charge is -2.31. The summed E-state index contributed by atoms with van der Waals surface area (Å²) in [5, 5.41) is 3.78. The number of carbonyl (C=O) groups excluding carboxylic acids is 1. The molecule has 2 aromatic rings. The molecule has 4 rings (SSSR count). The Labute approximate surface area is 170 Å². The van der Waals surface area contributed by atoms with Crippen molar-refractivity contribution in [3.8, 4) is 5.88 Å². The number of pyridine rings is 1. The fraction of sp³-hybridized carbons (Fsp3) is 0.526. The summed E-state index contributed by atoms with van der Waals surface area (Å²) >= 11 is 0. The lowest BCUT2D eigenvalue weighted by molar-refractivity contribution is 0.0578. The number of hydrogen-bond acceptors (Lipinski definition) is 6. The zero-order chi connectivity index (χ0) is 20.6. The summed E-state index contributed by atoms with van der Waals surface area (Å²) in [5.41, 5.74) is 1.10. The van der Waals surface area contributed by atoms with Crippen LogP contribution >= 0.6 is 0 Å². The van der Waals surface area contributed by atoms with E-state index in [1.165, 1.54) is 10.5 Å². The third-order valence-corrected chi connectivity index (χ3v) is 7.76. The van der Waals surface area contributed by atoms with Crippen LogP contribution in [-0.4, -0.2) is 65.5 Å². The van der Waals surface area contributed by atoms with Gasteiger partial charge in [0.15, 0.2) is 0 Å². The van der Waals surface area contributed by atoms with Crippen molar-refractivity contribution in [1.82, 2.24) is 19.7 Å². The molecule has 10 heteroatoms. The first-order chi connectivity index (χ1) is 13.9. The largest absolute Gasteiger partial charge is 0.474 e. The molecule has 29 heavy (non-hydrogen) atoms. The Morgan fingerprint density at radius 3 is 2.45 bits per heavy atom. The van der Waals surface area contributed by atoms with Crippen molar-refractivity contribution >= 4 is 21.6 Å². The molecule has 156 valence electrons. The van der Waals surface area contributed by atoms with E-state index >= 15 is 0 Å². The van der Waals surface area contributed by atoms with E-state index in [0.29, 0.717) is 43.2 Å². The molecule has 2 aromatic heterocycles. The Morgan fingerprint density at radius 1 is 1.17 bits per heavy atom. The summed E-state index contributed by atoms with van der Waals surface area (Å²) in [7, 11) is 0.0254. The average molecular weight is 420 g/mol. The number of piperidine rings is 1. The van der Waals surface area contributed by atoms with Gasteiger partial charge in [0, 0.05) is 52.3 Å².